The number of carbonyl (C=O) groups is 2. The second-order valence-electron chi connectivity index (χ2n) is 7.26. The Kier molecular flexibility index (Phi) is 3.98. The quantitative estimate of drug-likeness (QED) is 0.852. The van der Waals surface area contributed by atoms with Crippen LogP contribution in [0.5, 0.6) is 0 Å². The van der Waals surface area contributed by atoms with Gasteiger partial charge in [-0.25, -0.2) is 4.79 Å². The van der Waals surface area contributed by atoms with Gasteiger partial charge in [0, 0.05) is 13.5 Å². The molecule has 1 saturated heterocycles. The first-order chi connectivity index (χ1) is 12.1. The Morgan fingerprint density at radius 1 is 1.00 bits per heavy atom. The molecule has 6 nitrogen and oxygen atoms in total. The van der Waals surface area contributed by atoms with Gasteiger partial charge in [-0.15, -0.1) is 0 Å². The maximum atomic E-state index is 12.8. The van der Waals surface area contributed by atoms with Crippen molar-refractivity contribution in [3.8, 4) is 0 Å². The lowest BCUT2D eigenvalue weighted by atomic mass is 9.84. The van der Waals surface area contributed by atoms with Gasteiger partial charge in [0.25, 0.3) is 0 Å². The molecule has 4 rings (SSSR count). The average molecular weight is 341 g/mol. The van der Waals surface area contributed by atoms with E-state index in [0.29, 0.717) is 12.3 Å². The van der Waals surface area contributed by atoms with E-state index < -0.39 is 6.04 Å². The van der Waals surface area contributed by atoms with Crippen LogP contribution in [0.3, 0.4) is 0 Å². The van der Waals surface area contributed by atoms with Gasteiger partial charge < -0.3 is 0 Å². The van der Waals surface area contributed by atoms with Gasteiger partial charge in [0.1, 0.15) is 6.04 Å². The normalized spacial score (nSPS) is 22.4. The molecule has 1 unspecified atom stereocenters. The molecular weight excluding hydrogens is 318 g/mol. The van der Waals surface area contributed by atoms with Gasteiger partial charge in [0.05, 0.1) is 11.0 Å². The monoisotopic (exact) mass is 341 g/mol. The van der Waals surface area contributed by atoms with E-state index >= 15 is 0 Å². The van der Waals surface area contributed by atoms with Crippen molar-refractivity contribution in [2.75, 3.05) is 0 Å². The van der Waals surface area contributed by atoms with Crippen molar-refractivity contribution in [2.45, 2.75) is 56.9 Å². The summed E-state index contributed by atoms with van der Waals surface area (Å²) in [5.41, 5.74) is 2.70. The zero-order valence-electron chi connectivity index (χ0n) is 14.5. The third-order valence-corrected chi connectivity index (χ3v) is 5.71. The minimum Gasteiger partial charge on any atom is -0.295 e. The highest BCUT2D eigenvalue weighted by atomic mass is 16.2. The number of piperidine rings is 1. The lowest BCUT2D eigenvalue weighted by Crippen LogP contribution is -2.44. The molecule has 25 heavy (non-hydrogen) atoms. The van der Waals surface area contributed by atoms with Gasteiger partial charge in [-0.1, -0.05) is 25.3 Å². The summed E-state index contributed by atoms with van der Waals surface area (Å²) in [5.74, 6) is -0.0940. The molecule has 1 aromatic carbocycles. The van der Waals surface area contributed by atoms with Crippen LogP contribution in [0.25, 0.3) is 11.0 Å². The zero-order chi connectivity index (χ0) is 17.6. The summed E-state index contributed by atoms with van der Waals surface area (Å²) < 4.78 is 3.16. The molecule has 0 bridgehead atoms. The number of amides is 2. The van der Waals surface area contributed by atoms with Gasteiger partial charge in [-0.05, 0) is 42.9 Å². The second kappa shape index (κ2) is 6.17. The number of nitrogens with zero attached hydrogens (tertiary/aromatic N) is 2. The van der Waals surface area contributed by atoms with Crippen molar-refractivity contribution in [1.29, 1.82) is 0 Å². The number of aryl methyl sites for hydroxylation is 1. The molecule has 2 aromatic rings. The molecule has 1 aromatic heterocycles. The Balaban J connectivity index is 1.78. The number of imidazole rings is 1. The van der Waals surface area contributed by atoms with Gasteiger partial charge in [-0.2, -0.15) is 0 Å². The van der Waals surface area contributed by atoms with Gasteiger partial charge in [0.15, 0.2) is 0 Å². The molecule has 0 radical (unpaired) electrons. The average Bonchev–Trinajstić information content (AvgIpc) is 2.87. The van der Waals surface area contributed by atoms with Crippen LogP contribution in [0.4, 0.5) is 0 Å². The van der Waals surface area contributed by atoms with E-state index in [4.69, 9.17) is 0 Å². The molecule has 1 atom stereocenters. The Bertz CT molecular complexity index is 903. The Morgan fingerprint density at radius 2 is 1.76 bits per heavy atom. The summed E-state index contributed by atoms with van der Waals surface area (Å²) in [4.78, 5) is 36.4. The number of fused-ring (bicyclic) bond motifs is 1. The Labute approximate surface area is 145 Å². The molecule has 6 heteroatoms. The summed E-state index contributed by atoms with van der Waals surface area (Å²) in [6, 6.07) is 5.55. The molecule has 2 aliphatic rings. The smallest absolute Gasteiger partial charge is 0.295 e. The molecule has 1 aliphatic carbocycles. The van der Waals surface area contributed by atoms with E-state index in [9.17, 15) is 14.4 Å². The molecular formula is C19H23N3O3. The van der Waals surface area contributed by atoms with Gasteiger partial charge >= 0.3 is 5.69 Å². The third kappa shape index (κ3) is 2.69. The van der Waals surface area contributed by atoms with E-state index in [0.717, 1.165) is 11.0 Å². The molecule has 2 amide bonds. The van der Waals surface area contributed by atoms with Crippen LogP contribution in [-0.4, -0.2) is 20.9 Å². The van der Waals surface area contributed by atoms with Gasteiger partial charge in [-0.3, -0.25) is 24.0 Å². The predicted octanol–water partition coefficient (Wildman–Crippen LogP) is 2.37. The topological polar surface area (TPSA) is 73.1 Å². The fourth-order valence-corrected chi connectivity index (χ4v) is 4.30. The first-order valence-corrected chi connectivity index (χ1v) is 9.11. The summed E-state index contributed by atoms with van der Waals surface area (Å²) in [7, 11) is 1.75. The number of aromatic nitrogens is 2. The van der Waals surface area contributed by atoms with Crippen LogP contribution in [0.15, 0.2) is 23.0 Å². The first kappa shape index (κ1) is 16.1. The minimum absolute atomic E-state index is 0.203. The largest absolute Gasteiger partial charge is 0.329 e. The SMILES string of the molecule is Cn1c(=O)n(C2CCC(=O)NC2=O)c2ccc(C3CCCCC3)cc21. The number of hydrogen-bond donors (Lipinski definition) is 1. The van der Waals surface area contributed by atoms with Crippen molar-refractivity contribution in [2.24, 2.45) is 7.05 Å². The number of hydrogen-bond acceptors (Lipinski definition) is 3. The molecule has 1 aliphatic heterocycles. The highest BCUT2D eigenvalue weighted by Gasteiger charge is 2.31. The van der Waals surface area contributed by atoms with Crippen molar-refractivity contribution < 1.29 is 9.59 Å². The summed E-state index contributed by atoms with van der Waals surface area (Å²) >= 11 is 0. The van der Waals surface area contributed by atoms with Crippen molar-refractivity contribution in [3.05, 3.63) is 34.2 Å². The van der Waals surface area contributed by atoms with Crippen LogP contribution in [0, 0.1) is 0 Å². The van der Waals surface area contributed by atoms with Crippen LogP contribution in [-0.2, 0) is 16.6 Å². The maximum absolute atomic E-state index is 12.8. The first-order valence-electron chi connectivity index (χ1n) is 9.11. The fraction of sp³-hybridized carbons (Fsp3) is 0.526. The molecule has 2 fully saturated rings. The maximum Gasteiger partial charge on any atom is 0.329 e. The summed E-state index contributed by atoms with van der Waals surface area (Å²) in [6.07, 6.45) is 6.87. The Morgan fingerprint density at radius 3 is 2.48 bits per heavy atom. The van der Waals surface area contributed by atoms with E-state index in [1.807, 2.05) is 6.07 Å². The third-order valence-electron chi connectivity index (χ3n) is 5.71. The summed E-state index contributed by atoms with van der Waals surface area (Å²) in [6.45, 7) is 0. The van der Waals surface area contributed by atoms with Crippen LogP contribution in [0.1, 0.15) is 62.5 Å². The fourth-order valence-electron chi connectivity index (χ4n) is 4.30. The zero-order valence-corrected chi connectivity index (χ0v) is 14.5. The lowest BCUT2D eigenvalue weighted by molar-refractivity contribution is -0.135. The number of imide groups is 1. The molecule has 1 saturated carbocycles. The number of benzene rings is 1. The second-order valence-corrected chi connectivity index (χ2v) is 7.26. The standard InChI is InChI=1S/C19H23N3O3/c1-21-16-11-13(12-5-3-2-4-6-12)7-8-14(16)22(19(21)25)15-9-10-17(23)20-18(15)24/h7-8,11-12,15H,2-6,9-10H2,1H3,(H,20,23,24). The van der Waals surface area contributed by atoms with Crippen LogP contribution < -0.4 is 11.0 Å². The van der Waals surface area contributed by atoms with Crippen LogP contribution >= 0.6 is 0 Å². The lowest BCUT2D eigenvalue weighted by Gasteiger charge is -2.23. The van der Waals surface area contributed by atoms with Gasteiger partial charge in [0.2, 0.25) is 11.8 Å². The van der Waals surface area contributed by atoms with E-state index in [1.165, 1.54) is 37.7 Å². The van der Waals surface area contributed by atoms with Crippen molar-refractivity contribution >= 4 is 22.8 Å². The Hall–Kier alpha value is -2.37. The number of carbonyl (C=O) groups excluding carboxylic acids is 2. The molecule has 0 spiro atoms. The van der Waals surface area contributed by atoms with Crippen LogP contribution in [0.2, 0.25) is 0 Å². The highest BCUT2D eigenvalue weighted by Crippen LogP contribution is 2.34. The van der Waals surface area contributed by atoms with Crippen molar-refractivity contribution in [1.82, 2.24) is 14.5 Å². The number of nitrogens with one attached hydrogen (secondary N) is 1. The number of rotatable bonds is 2. The molecule has 1 N–H and O–H groups in total. The molecule has 132 valence electrons. The predicted molar refractivity (Wildman–Crippen MR) is 94.4 cm³/mol. The highest BCUT2D eigenvalue weighted by molar-refractivity contribution is 6.00. The summed E-state index contributed by atoms with van der Waals surface area (Å²) in [5, 5.41) is 2.35. The van der Waals surface area contributed by atoms with E-state index in [2.05, 4.69) is 17.4 Å². The minimum atomic E-state index is -0.616. The van der Waals surface area contributed by atoms with E-state index in [-0.39, 0.29) is 23.9 Å². The van der Waals surface area contributed by atoms with Crippen molar-refractivity contribution in [3.63, 3.8) is 0 Å². The molecule has 2 heterocycles. The van der Waals surface area contributed by atoms with E-state index in [1.54, 1.807) is 16.2 Å².